The maximum absolute atomic E-state index is 10.5. The lowest BCUT2D eigenvalue weighted by molar-refractivity contribution is -0.384. The molecule has 0 saturated heterocycles. The van der Waals surface area contributed by atoms with E-state index < -0.39 is 11.0 Å². The Labute approximate surface area is 94.3 Å². The van der Waals surface area contributed by atoms with Crippen molar-refractivity contribution in [1.29, 1.82) is 0 Å². The lowest BCUT2D eigenvalue weighted by Crippen LogP contribution is -2.24. The minimum absolute atomic E-state index is 0.0454. The second kappa shape index (κ2) is 5.46. The zero-order valence-electron chi connectivity index (χ0n) is 9.38. The number of nitro benzene ring substituents is 1. The second-order valence-corrected chi connectivity index (χ2v) is 4.00. The predicted octanol–water partition coefficient (Wildman–Crippen LogP) is 2.02. The van der Waals surface area contributed by atoms with Gasteiger partial charge in [0, 0.05) is 24.4 Å². The van der Waals surface area contributed by atoms with Crippen LogP contribution in [0.15, 0.2) is 24.3 Å². The largest absolute Gasteiger partial charge is 0.391 e. The van der Waals surface area contributed by atoms with Gasteiger partial charge in [-0.3, -0.25) is 10.1 Å². The van der Waals surface area contributed by atoms with Gasteiger partial charge in [-0.2, -0.15) is 0 Å². The zero-order valence-corrected chi connectivity index (χ0v) is 9.38. The third-order valence-electron chi connectivity index (χ3n) is 2.34. The van der Waals surface area contributed by atoms with E-state index in [0.29, 0.717) is 12.2 Å². The van der Waals surface area contributed by atoms with Gasteiger partial charge in [0.05, 0.1) is 11.0 Å². The molecule has 1 aromatic rings. The maximum Gasteiger partial charge on any atom is 0.271 e. The Morgan fingerprint density at radius 3 is 2.75 bits per heavy atom. The fraction of sp³-hybridized carbons (Fsp3) is 0.455. The minimum atomic E-state index is -0.459. The van der Waals surface area contributed by atoms with Crippen molar-refractivity contribution in [2.24, 2.45) is 5.92 Å². The number of benzene rings is 1. The van der Waals surface area contributed by atoms with Gasteiger partial charge >= 0.3 is 0 Å². The summed E-state index contributed by atoms with van der Waals surface area (Å²) in [5, 5.41) is 23.1. The Kier molecular flexibility index (Phi) is 4.25. The molecule has 0 bridgehead atoms. The molecule has 2 N–H and O–H groups in total. The number of aliphatic hydroxyl groups excluding tert-OH is 1. The molecule has 0 aliphatic heterocycles. The SMILES string of the molecule is CC(C)C(O)CNc1cccc([N+](=O)[O-])c1. The van der Waals surface area contributed by atoms with E-state index in [1.54, 1.807) is 12.1 Å². The number of anilines is 1. The Morgan fingerprint density at radius 2 is 2.19 bits per heavy atom. The Bertz CT molecular complexity index is 366. The number of nitrogens with one attached hydrogen (secondary N) is 1. The third-order valence-corrected chi connectivity index (χ3v) is 2.34. The van der Waals surface area contributed by atoms with Crippen molar-refractivity contribution in [2.45, 2.75) is 20.0 Å². The third kappa shape index (κ3) is 3.51. The van der Waals surface area contributed by atoms with Crippen molar-refractivity contribution in [3.63, 3.8) is 0 Å². The molecule has 0 amide bonds. The smallest absolute Gasteiger partial charge is 0.271 e. The van der Waals surface area contributed by atoms with E-state index in [1.165, 1.54) is 12.1 Å². The van der Waals surface area contributed by atoms with Crippen LogP contribution in [0.1, 0.15) is 13.8 Å². The van der Waals surface area contributed by atoms with Crippen LogP contribution < -0.4 is 5.32 Å². The summed E-state index contributed by atoms with van der Waals surface area (Å²) in [5.41, 5.74) is 0.693. The summed E-state index contributed by atoms with van der Waals surface area (Å²) in [4.78, 5) is 10.1. The highest BCUT2D eigenvalue weighted by Gasteiger charge is 2.10. The Hall–Kier alpha value is -1.62. The molecule has 0 aliphatic rings. The zero-order chi connectivity index (χ0) is 12.1. The van der Waals surface area contributed by atoms with E-state index in [0.717, 1.165) is 0 Å². The summed E-state index contributed by atoms with van der Waals surface area (Å²) in [7, 11) is 0. The fourth-order valence-corrected chi connectivity index (χ4v) is 1.19. The van der Waals surface area contributed by atoms with E-state index >= 15 is 0 Å². The van der Waals surface area contributed by atoms with Crippen LogP contribution in [0.5, 0.6) is 0 Å². The monoisotopic (exact) mass is 224 g/mol. The molecule has 1 rings (SSSR count). The molecule has 0 aromatic heterocycles. The van der Waals surface area contributed by atoms with Gasteiger partial charge < -0.3 is 10.4 Å². The van der Waals surface area contributed by atoms with Crippen molar-refractivity contribution in [3.8, 4) is 0 Å². The van der Waals surface area contributed by atoms with Gasteiger partial charge in [0.1, 0.15) is 0 Å². The molecule has 0 heterocycles. The van der Waals surface area contributed by atoms with Crippen LogP contribution in [0.4, 0.5) is 11.4 Å². The molecular weight excluding hydrogens is 208 g/mol. The predicted molar refractivity (Wildman–Crippen MR) is 62.4 cm³/mol. The first-order valence-electron chi connectivity index (χ1n) is 5.17. The molecule has 88 valence electrons. The van der Waals surface area contributed by atoms with Crippen LogP contribution in [-0.4, -0.2) is 22.7 Å². The van der Waals surface area contributed by atoms with E-state index in [1.807, 2.05) is 13.8 Å². The summed E-state index contributed by atoms with van der Waals surface area (Å²) in [6, 6.07) is 6.24. The average Bonchev–Trinajstić information content (AvgIpc) is 2.26. The van der Waals surface area contributed by atoms with E-state index in [9.17, 15) is 15.2 Å². The van der Waals surface area contributed by atoms with Gasteiger partial charge in [-0.1, -0.05) is 19.9 Å². The Balaban J connectivity index is 2.61. The van der Waals surface area contributed by atoms with Crippen LogP contribution in [0.3, 0.4) is 0 Å². The molecule has 0 radical (unpaired) electrons. The van der Waals surface area contributed by atoms with Crippen LogP contribution in [0, 0.1) is 16.0 Å². The van der Waals surface area contributed by atoms with Gasteiger partial charge in [0.25, 0.3) is 5.69 Å². The molecule has 5 heteroatoms. The summed E-state index contributed by atoms with van der Waals surface area (Å²) < 4.78 is 0. The topological polar surface area (TPSA) is 75.4 Å². The molecule has 5 nitrogen and oxygen atoms in total. The first-order valence-corrected chi connectivity index (χ1v) is 5.17. The van der Waals surface area contributed by atoms with Crippen molar-refractivity contribution in [2.75, 3.05) is 11.9 Å². The van der Waals surface area contributed by atoms with Crippen LogP contribution in [0.2, 0.25) is 0 Å². The summed E-state index contributed by atoms with van der Waals surface area (Å²) in [5.74, 6) is 0.159. The standard InChI is InChI=1S/C11H16N2O3/c1-8(2)11(14)7-12-9-4-3-5-10(6-9)13(15)16/h3-6,8,11-12,14H,7H2,1-2H3. The van der Waals surface area contributed by atoms with E-state index in [-0.39, 0.29) is 11.6 Å². The summed E-state index contributed by atoms with van der Waals surface area (Å²) >= 11 is 0. The second-order valence-electron chi connectivity index (χ2n) is 4.00. The minimum Gasteiger partial charge on any atom is -0.391 e. The van der Waals surface area contributed by atoms with Gasteiger partial charge in [-0.05, 0) is 12.0 Å². The molecule has 0 aliphatic carbocycles. The molecule has 0 saturated carbocycles. The van der Waals surface area contributed by atoms with Crippen LogP contribution in [-0.2, 0) is 0 Å². The summed E-state index contributed by atoms with van der Waals surface area (Å²) in [6.45, 7) is 4.22. The molecule has 0 spiro atoms. The number of nitrogens with zero attached hydrogens (tertiary/aromatic N) is 1. The maximum atomic E-state index is 10.5. The van der Waals surface area contributed by atoms with Crippen molar-refractivity contribution in [1.82, 2.24) is 0 Å². The number of nitro groups is 1. The first-order chi connectivity index (χ1) is 7.50. The average molecular weight is 224 g/mol. The van der Waals surface area contributed by atoms with Gasteiger partial charge in [-0.25, -0.2) is 0 Å². The molecule has 16 heavy (non-hydrogen) atoms. The van der Waals surface area contributed by atoms with E-state index in [4.69, 9.17) is 0 Å². The normalized spacial score (nSPS) is 12.5. The highest BCUT2D eigenvalue weighted by Crippen LogP contribution is 2.17. The van der Waals surface area contributed by atoms with Crippen LogP contribution in [0.25, 0.3) is 0 Å². The van der Waals surface area contributed by atoms with Crippen molar-refractivity contribution < 1.29 is 10.0 Å². The number of rotatable bonds is 5. The lowest BCUT2D eigenvalue weighted by Gasteiger charge is -2.15. The van der Waals surface area contributed by atoms with Gasteiger partial charge in [0.2, 0.25) is 0 Å². The highest BCUT2D eigenvalue weighted by molar-refractivity contribution is 5.50. The number of hydrogen-bond acceptors (Lipinski definition) is 4. The van der Waals surface area contributed by atoms with Crippen molar-refractivity contribution in [3.05, 3.63) is 34.4 Å². The highest BCUT2D eigenvalue weighted by atomic mass is 16.6. The van der Waals surface area contributed by atoms with Crippen molar-refractivity contribution >= 4 is 11.4 Å². The molecule has 1 unspecified atom stereocenters. The molecule has 1 aromatic carbocycles. The first kappa shape index (κ1) is 12.4. The quantitative estimate of drug-likeness (QED) is 0.592. The molecular formula is C11H16N2O3. The van der Waals surface area contributed by atoms with Gasteiger partial charge in [0.15, 0.2) is 0 Å². The fourth-order valence-electron chi connectivity index (χ4n) is 1.19. The molecule has 1 atom stereocenters. The van der Waals surface area contributed by atoms with Gasteiger partial charge in [-0.15, -0.1) is 0 Å². The lowest BCUT2D eigenvalue weighted by atomic mass is 10.1. The number of hydrogen-bond donors (Lipinski definition) is 2. The summed E-state index contributed by atoms with van der Waals surface area (Å²) in [6.07, 6.45) is -0.459. The number of non-ortho nitro benzene ring substituents is 1. The Morgan fingerprint density at radius 1 is 1.50 bits per heavy atom. The molecule has 0 fully saturated rings. The number of aliphatic hydroxyl groups is 1. The van der Waals surface area contributed by atoms with E-state index in [2.05, 4.69) is 5.32 Å². The van der Waals surface area contributed by atoms with Crippen LogP contribution >= 0.6 is 0 Å².